The summed E-state index contributed by atoms with van der Waals surface area (Å²) in [6.45, 7) is 1.05. The van der Waals surface area contributed by atoms with Crippen molar-refractivity contribution in [2.45, 2.75) is 6.10 Å². The Balaban J connectivity index is 1.40. The number of para-hydroxylation sites is 1. The van der Waals surface area contributed by atoms with E-state index in [1.807, 2.05) is 30.3 Å². The molecule has 3 heterocycles. The van der Waals surface area contributed by atoms with Crippen LogP contribution in [0.2, 0.25) is 5.02 Å². The number of pyridine rings is 2. The minimum atomic E-state index is -0.0790. The first-order valence-electron chi connectivity index (χ1n) is 7.62. The SMILES string of the molecule is O=C(c1ccc2ccccc2n1)N1CC(Oc2ccc(Cl)cn2)C1. The molecule has 2 aromatic heterocycles. The van der Waals surface area contributed by atoms with E-state index < -0.39 is 0 Å². The van der Waals surface area contributed by atoms with Crippen LogP contribution in [0.5, 0.6) is 5.88 Å². The second-order valence-corrected chi connectivity index (χ2v) is 6.09. The fourth-order valence-corrected chi connectivity index (χ4v) is 2.74. The molecule has 0 atom stereocenters. The van der Waals surface area contributed by atoms with E-state index in [9.17, 15) is 4.79 Å². The molecule has 6 heteroatoms. The number of ether oxygens (including phenoxy) is 1. The second-order valence-electron chi connectivity index (χ2n) is 5.65. The molecule has 1 aliphatic rings. The van der Waals surface area contributed by atoms with Crippen molar-refractivity contribution in [1.82, 2.24) is 14.9 Å². The smallest absolute Gasteiger partial charge is 0.272 e. The minimum Gasteiger partial charge on any atom is -0.471 e. The van der Waals surface area contributed by atoms with Crippen LogP contribution in [0.15, 0.2) is 54.7 Å². The zero-order valence-corrected chi connectivity index (χ0v) is 13.5. The van der Waals surface area contributed by atoms with E-state index in [4.69, 9.17) is 16.3 Å². The molecule has 0 spiro atoms. The molecule has 24 heavy (non-hydrogen) atoms. The molecular weight excluding hydrogens is 326 g/mol. The summed E-state index contributed by atoms with van der Waals surface area (Å²) >= 11 is 5.79. The Morgan fingerprint density at radius 3 is 2.75 bits per heavy atom. The Morgan fingerprint density at radius 1 is 1.12 bits per heavy atom. The van der Waals surface area contributed by atoms with Gasteiger partial charge in [-0.15, -0.1) is 0 Å². The van der Waals surface area contributed by atoms with Crippen LogP contribution in [-0.2, 0) is 0 Å². The van der Waals surface area contributed by atoms with Gasteiger partial charge in [-0.3, -0.25) is 4.79 Å². The average molecular weight is 340 g/mol. The molecule has 0 radical (unpaired) electrons. The van der Waals surface area contributed by atoms with E-state index in [1.54, 1.807) is 23.1 Å². The van der Waals surface area contributed by atoms with E-state index in [2.05, 4.69) is 9.97 Å². The van der Waals surface area contributed by atoms with Crippen molar-refractivity contribution < 1.29 is 9.53 Å². The van der Waals surface area contributed by atoms with Gasteiger partial charge in [0.1, 0.15) is 11.8 Å². The van der Waals surface area contributed by atoms with E-state index >= 15 is 0 Å². The number of likely N-dealkylation sites (tertiary alicyclic amines) is 1. The van der Waals surface area contributed by atoms with Gasteiger partial charge in [0.15, 0.2) is 0 Å². The molecule has 0 N–H and O–H groups in total. The number of benzene rings is 1. The maximum atomic E-state index is 12.5. The van der Waals surface area contributed by atoms with Crippen molar-refractivity contribution in [3.8, 4) is 5.88 Å². The number of rotatable bonds is 3. The lowest BCUT2D eigenvalue weighted by molar-refractivity contribution is 0.0156. The molecule has 1 fully saturated rings. The van der Waals surface area contributed by atoms with Crippen LogP contribution >= 0.6 is 11.6 Å². The number of fused-ring (bicyclic) bond motifs is 1. The van der Waals surface area contributed by atoms with Crippen LogP contribution < -0.4 is 4.74 Å². The first-order chi connectivity index (χ1) is 11.7. The molecular formula is C18H14ClN3O2. The number of halogens is 1. The molecule has 5 nitrogen and oxygen atoms in total. The van der Waals surface area contributed by atoms with Crippen molar-refractivity contribution in [3.05, 3.63) is 65.4 Å². The van der Waals surface area contributed by atoms with Crippen molar-refractivity contribution in [2.75, 3.05) is 13.1 Å². The fraction of sp³-hybridized carbons (Fsp3) is 0.167. The summed E-state index contributed by atoms with van der Waals surface area (Å²) in [4.78, 5) is 22.7. The maximum Gasteiger partial charge on any atom is 0.272 e. The molecule has 0 unspecified atom stereocenters. The molecule has 0 saturated carbocycles. The minimum absolute atomic E-state index is 0.0527. The standard InChI is InChI=1S/C18H14ClN3O2/c19-13-6-8-17(20-9-13)24-14-10-22(11-14)18(23)16-7-5-12-3-1-2-4-15(12)21-16/h1-9,14H,10-11H2. The van der Waals surface area contributed by atoms with Crippen LogP contribution in [0, 0.1) is 0 Å². The predicted octanol–water partition coefficient (Wildman–Crippen LogP) is 3.19. The van der Waals surface area contributed by atoms with E-state index in [0.717, 1.165) is 10.9 Å². The fourth-order valence-electron chi connectivity index (χ4n) is 2.63. The highest BCUT2D eigenvalue weighted by atomic mass is 35.5. The van der Waals surface area contributed by atoms with Gasteiger partial charge in [-0.1, -0.05) is 35.9 Å². The van der Waals surface area contributed by atoms with E-state index in [-0.39, 0.29) is 12.0 Å². The van der Waals surface area contributed by atoms with Gasteiger partial charge in [0, 0.05) is 17.6 Å². The van der Waals surface area contributed by atoms with Gasteiger partial charge in [-0.2, -0.15) is 0 Å². The van der Waals surface area contributed by atoms with Gasteiger partial charge < -0.3 is 9.64 Å². The Bertz CT molecular complexity index is 892. The van der Waals surface area contributed by atoms with Crippen molar-refractivity contribution >= 4 is 28.4 Å². The van der Waals surface area contributed by atoms with Crippen molar-refractivity contribution in [2.24, 2.45) is 0 Å². The number of hydrogen-bond acceptors (Lipinski definition) is 4. The Kier molecular flexibility index (Phi) is 3.78. The summed E-state index contributed by atoms with van der Waals surface area (Å²) in [7, 11) is 0. The van der Waals surface area contributed by atoms with Gasteiger partial charge in [0.05, 0.1) is 23.6 Å². The topological polar surface area (TPSA) is 55.3 Å². The lowest BCUT2D eigenvalue weighted by Gasteiger charge is -2.38. The summed E-state index contributed by atoms with van der Waals surface area (Å²) in [6, 6.07) is 14.9. The lowest BCUT2D eigenvalue weighted by Crippen LogP contribution is -2.56. The average Bonchev–Trinajstić information content (AvgIpc) is 2.58. The first-order valence-corrected chi connectivity index (χ1v) is 8.00. The summed E-state index contributed by atoms with van der Waals surface area (Å²) in [6.07, 6.45) is 1.49. The maximum absolute atomic E-state index is 12.5. The Labute approximate surface area is 143 Å². The van der Waals surface area contributed by atoms with Crippen molar-refractivity contribution in [1.29, 1.82) is 0 Å². The van der Waals surface area contributed by atoms with E-state index in [1.165, 1.54) is 6.20 Å². The van der Waals surface area contributed by atoms with Crippen LogP contribution in [0.3, 0.4) is 0 Å². The third-order valence-corrected chi connectivity index (χ3v) is 4.16. The second kappa shape index (κ2) is 6.09. The summed E-state index contributed by atoms with van der Waals surface area (Å²) in [5.74, 6) is 0.435. The Hall–Kier alpha value is -2.66. The number of aromatic nitrogens is 2. The third kappa shape index (κ3) is 2.90. The zero-order valence-electron chi connectivity index (χ0n) is 12.7. The van der Waals surface area contributed by atoms with Crippen molar-refractivity contribution in [3.63, 3.8) is 0 Å². The third-order valence-electron chi connectivity index (χ3n) is 3.94. The van der Waals surface area contributed by atoms with Gasteiger partial charge in [-0.25, -0.2) is 9.97 Å². The Morgan fingerprint density at radius 2 is 1.96 bits per heavy atom. The number of amides is 1. The van der Waals surface area contributed by atoms with Gasteiger partial charge in [0.25, 0.3) is 5.91 Å². The summed E-state index contributed by atoms with van der Waals surface area (Å²) in [5.41, 5.74) is 1.28. The molecule has 120 valence electrons. The molecule has 3 aromatic rings. The van der Waals surface area contributed by atoms with Crippen LogP contribution in [0.25, 0.3) is 10.9 Å². The normalized spacial score (nSPS) is 14.5. The van der Waals surface area contributed by atoms with Gasteiger partial charge in [-0.05, 0) is 18.2 Å². The van der Waals surface area contributed by atoms with Gasteiger partial charge in [0.2, 0.25) is 5.88 Å². The molecule has 0 aliphatic carbocycles. The molecule has 1 saturated heterocycles. The van der Waals surface area contributed by atoms with Gasteiger partial charge >= 0.3 is 0 Å². The molecule has 0 bridgehead atoms. The molecule has 1 amide bonds. The van der Waals surface area contributed by atoms with Crippen LogP contribution in [-0.4, -0.2) is 40.0 Å². The predicted molar refractivity (Wildman–Crippen MR) is 91.3 cm³/mol. The van der Waals surface area contributed by atoms with E-state index in [0.29, 0.717) is 29.7 Å². The number of hydrogen-bond donors (Lipinski definition) is 0. The molecule has 1 aromatic carbocycles. The zero-order chi connectivity index (χ0) is 16.5. The summed E-state index contributed by atoms with van der Waals surface area (Å²) in [5, 5.41) is 1.59. The highest BCUT2D eigenvalue weighted by Crippen LogP contribution is 2.20. The largest absolute Gasteiger partial charge is 0.471 e. The molecule has 1 aliphatic heterocycles. The first kappa shape index (κ1) is 14.9. The lowest BCUT2D eigenvalue weighted by atomic mass is 10.1. The van der Waals surface area contributed by atoms with Crippen LogP contribution in [0.1, 0.15) is 10.5 Å². The van der Waals surface area contributed by atoms with Crippen LogP contribution in [0.4, 0.5) is 0 Å². The highest BCUT2D eigenvalue weighted by Gasteiger charge is 2.33. The molecule has 4 rings (SSSR count). The monoisotopic (exact) mass is 339 g/mol. The highest BCUT2D eigenvalue weighted by molar-refractivity contribution is 6.30. The quantitative estimate of drug-likeness (QED) is 0.735. The number of carbonyl (C=O) groups is 1. The number of nitrogens with zero attached hydrogens (tertiary/aromatic N) is 3. The summed E-state index contributed by atoms with van der Waals surface area (Å²) < 4.78 is 5.71. The number of carbonyl (C=O) groups excluding carboxylic acids is 1.